The van der Waals surface area contributed by atoms with E-state index in [1.165, 1.54) is 0 Å². The van der Waals surface area contributed by atoms with Crippen LogP contribution >= 0.6 is 0 Å². The predicted molar refractivity (Wildman–Crippen MR) is 80.5 cm³/mol. The van der Waals surface area contributed by atoms with Gasteiger partial charge < -0.3 is 0 Å². The lowest BCUT2D eigenvalue weighted by molar-refractivity contribution is 0.101. The summed E-state index contributed by atoms with van der Waals surface area (Å²) >= 11 is 0. The molecule has 2 heteroatoms. The Hall–Kier alpha value is -2.22. The maximum absolute atomic E-state index is 12.7. The van der Waals surface area contributed by atoms with Crippen LogP contribution in [0, 0.1) is 20.8 Å². The van der Waals surface area contributed by atoms with Crippen LogP contribution < -0.4 is 0 Å². The molecule has 0 amide bonds. The zero-order valence-corrected chi connectivity index (χ0v) is 12.3. The Kier molecular flexibility index (Phi) is 3.84. The Morgan fingerprint density at radius 2 is 1.40 bits per heavy atom. The van der Waals surface area contributed by atoms with Crippen molar-refractivity contribution in [2.24, 2.45) is 0 Å². The highest BCUT2D eigenvalue weighted by atomic mass is 16.1. The van der Waals surface area contributed by atoms with E-state index in [0.717, 1.165) is 16.7 Å². The van der Waals surface area contributed by atoms with Crippen LogP contribution in [0.1, 0.15) is 49.9 Å². The van der Waals surface area contributed by atoms with E-state index in [0.29, 0.717) is 16.7 Å². The average molecular weight is 266 g/mol. The van der Waals surface area contributed by atoms with Crippen molar-refractivity contribution in [1.82, 2.24) is 0 Å². The molecular formula is C18H18O2. The Morgan fingerprint density at radius 3 is 1.95 bits per heavy atom. The first-order chi connectivity index (χ1) is 9.43. The lowest BCUT2D eigenvalue weighted by Gasteiger charge is -2.15. The van der Waals surface area contributed by atoms with E-state index in [1.54, 1.807) is 19.1 Å². The van der Waals surface area contributed by atoms with Gasteiger partial charge in [-0.2, -0.15) is 0 Å². The molecule has 0 aliphatic heterocycles. The van der Waals surface area contributed by atoms with Gasteiger partial charge in [0.15, 0.2) is 11.6 Å². The molecule has 0 atom stereocenters. The Balaban J connectivity index is 2.66. The molecule has 102 valence electrons. The first-order valence-corrected chi connectivity index (χ1v) is 6.65. The SMILES string of the molecule is CC(=O)c1c(C)cc(C)c(C(=O)c2ccccc2)c1C. The van der Waals surface area contributed by atoms with Crippen molar-refractivity contribution in [3.05, 3.63) is 69.8 Å². The van der Waals surface area contributed by atoms with Crippen LogP contribution in [-0.4, -0.2) is 11.6 Å². The normalized spacial score (nSPS) is 10.4. The summed E-state index contributed by atoms with van der Waals surface area (Å²) in [6.07, 6.45) is 0. The average Bonchev–Trinajstić information content (AvgIpc) is 2.38. The summed E-state index contributed by atoms with van der Waals surface area (Å²) in [4.78, 5) is 24.5. The molecule has 20 heavy (non-hydrogen) atoms. The Labute approximate surface area is 119 Å². The molecule has 0 aliphatic rings. The molecule has 0 spiro atoms. The smallest absolute Gasteiger partial charge is 0.193 e. The van der Waals surface area contributed by atoms with Crippen molar-refractivity contribution >= 4 is 11.6 Å². The van der Waals surface area contributed by atoms with E-state index >= 15 is 0 Å². The van der Waals surface area contributed by atoms with Crippen LogP contribution in [0.4, 0.5) is 0 Å². The number of aryl methyl sites for hydroxylation is 2. The zero-order valence-electron chi connectivity index (χ0n) is 12.3. The third kappa shape index (κ3) is 2.42. The van der Waals surface area contributed by atoms with Crippen LogP contribution in [0.3, 0.4) is 0 Å². The molecule has 0 N–H and O–H groups in total. The highest BCUT2D eigenvalue weighted by Crippen LogP contribution is 2.25. The van der Waals surface area contributed by atoms with Gasteiger partial charge in [0, 0.05) is 16.7 Å². The third-order valence-corrected chi connectivity index (χ3v) is 3.59. The van der Waals surface area contributed by atoms with Gasteiger partial charge in [0.25, 0.3) is 0 Å². The van der Waals surface area contributed by atoms with Gasteiger partial charge in [0.1, 0.15) is 0 Å². The maximum atomic E-state index is 12.7. The molecule has 0 saturated carbocycles. The second-order valence-corrected chi connectivity index (χ2v) is 5.14. The van der Waals surface area contributed by atoms with Crippen LogP contribution in [0.25, 0.3) is 0 Å². The number of carbonyl (C=O) groups excluding carboxylic acids is 2. The lowest BCUT2D eigenvalue weighted by Crippen LogP contribution is -2.11. The Morgan fingerprint density at radius 1 is 0.850 bits per heavy atom. The van der Waals surface area contributed by atoms with E-state index in [1.807, 2.05) is 45.0 Å². The van der Waals surface area contributed by atoms with Crippen molar-refractivity contribution in [3.63, 3.8) is 0 Å². The lowest BCUT2D eigenvalue weighted by atomic mass is 9.88. The largest absolute Gasteiger partial charge is 0.294 e. The number of hydrogen-bond donors (Lipinski definition) is 0. The van der Waals surface area contributed by atoms with Crippen LogP contribution in [0.5, 0.6) is 0 Å². The molecule has 0 aromatic heterocycles. The fraction of sp³-hybridized carbons (Fsp3) is 0.222. The standard InChI is InChI=1S/C18H18O2/c1-11-10-12(2)17(13(3)16(11)14(4)19)18(20)15-8-6-5-7-9-15/h5-10H,1-4H3. The van der Waals surface area contributed by atoms with Gasteiger partial charge in [-0.15, -0.1) is 0 Å². The highest BCUT2D eigenvalue weighted by molar-refractivity contribution is 6.12. The van der Waals surface area contributed by atoms with E-state index in [2.05, 4.69) is 0 Å². The Bertz CT molecular complexity index is 682. The molecule has 0 bridgehead atoms. The summed E-state index contributed by atoms with van der Waals surface area (Å²) in [5.41, 5.74) is 4.58. The predicted octanol–water partition coefficient (Wildman–Crippen LogP) is 4.05. The van der Waals surface area contributed by atoms with E-state index < -0.39 is 0 Å². The summed E-state index contributed by atoms with van der Waals surface area (Å²) in [5, 5.41) is 0. The molecule has 0 aliphatic carbocycles. The molecule has 2 nitrogen and oxygen atoms in total. The minimum Gasteiger partial charge on any atom is -0.294 e. The maximum Gasteiger partial charge on any atom is 0.193 e. The molecule has 0 saturated heterocycles. The molecule has 2 rings (SSSR count). The highest BCUT2D eigenvalue weighted by Gasteiger charge is 2.19. The van der Waals surface area contributed by atoms with Gasteiger partial charge in [-0.1, -0.05) is 36.4 Å². The number of benzene rings is 2. The molecule has 0 unspecified atom stereocenters. The van der Waals surface area contributed by atoms with Crippen LogP contribution in [-0.2, 0) is 0 Å². The fourth-order valence-corrected chi connectivity index (χ4v) is 2.81. The zero-order chi connectivity index (χ0) is 14.9. The molecule has 2 aromatic rings. The number of carbonyl (C=O) groups is 2. The first-order valence-electron chi connectivity index (χ1n) is 6.65. The summed E-state index contributed by atoms with van der Waals surface area (Å²) in [5.74, 6) is -0.0230. The molecule has 0 fully saturated rings. The molecular weight excluding hydrogens is 248 g/mol. The fourth-order valence-electron chi connectivity index (χ4n) is 2.81. The first kappa shape index (κ1) is 14.2. The molecule has 0 radical (unpaired) electrons. The van der Waals surface area contributed by atoms with Gasteiger partial charge in [-0.3, -0.25) is 9.59 Å². The minimum atomic E-state index is -0.0249. The van der Waals surface area contributed by atoms with Crippen molar-refractivity contribution < 1.29 is 9.59 Å². The van der Waals surface area contributed by atoms with Crippen LogP contribution in [0.2, 0.25) is 0 Å². The van der Waals surface area contributed by atoms with Crippen molar-refractivity contribution in [2.75, 3.05) is 0 Å². The number of hydrogen-bond acceptors (Lipinski definition) is 2. The second kappa shape index (κ2) is 5.41. The second-order valence-electron chi connectivity index (χ2n) is 5.14. The van der Waals surface area contributed by atoms with Crippen molar-refractivity contribution in [3.8, 4) is 0 Å². The topological polar surface area (TPSA) is 34.1 Å². The van der Waals surface area contributed by atoms with E-state index in [4.69, 9.17) is 0 Å². The van der Waals surface area contributed by atoms with Gasteiger partial charge in [-0.05, 0) is 44.4 Å². The minimum absolute atomic E-state index is 0.00196. The van der Waals surface area contributed by atoms with Crippen molar-refractivity contribution in [2.45, 2.75) is 27.7 Å². The van der Waals surface area contributed by atoms with Crippen molar-refractivity contribution in [1.29, 1.82) is 0 Å². The summed E-state index contributed by atoms with van der Waals surface area (Å²) in [6, 6.07) is 11.1. The summed E-state index contributed by atoms with van der Waals surface area (Å²) < 4.78 is 0. The molecule has 2 aromatic carbocycles. The van der Waals surface area contributed by atoms with Crippen LogP contribution in [0.15, 0.2) is 36.4 Å². The van der Waals surface area contributed by atoms with E-state index in [9.17, 15) is 9.59 Å². The van der Waals surface area contributed by atoms with Gasteiger partial charge >= 0.3 is 0 Å². The summed E-state index contributed by atoms with van der Waals surface area (Å²) in [7, 11) is 0. The van der Waals surface area contributed by atoms with Gasteiger partial charge in [0.05, 0.1) is 0 Å². The quantitative estimate of drug-likeness (QED) is 0.785. The van der Waals surface area contributed by atoms with Gasteiger partial charge in [0.2, 0.25) is 0 Å². The monoisotopic (exact) mass is 266 g/mol. The number of ketones is 2. The number of rotatable bonds is 3. The third-order valence-electron chi connectivity index (χ3n) is 3.59. The van der Waals surface area contributed by atoms with E-state index in [-0.39, 0.29) is 11.6 Å². The summed E-state index contributed by atoms with van der Waals surface area (Å²) in [6.45, 7) is 7.22. The van der Waals surface area contributed by atoms with Gasteiger partial charge in [-0.25, -0.2) is 0 Å². The number of Topliss-reactive ketones (excluding diaryl/α,β-unsaturated/α-hetero) is 1. The molecule has 0 heterocycles.